The lowest BCUT2D eigenvalue weighted by atomic mass is 10.1. The Balaban J connectivity index is 2.09. The molecule has 0 spiro atoms. The maximum Gasteiger partial charge on any atom is 0.146 e. The van der Waals surface area contributed by atoms with Gasteiger partial charge in [0.25, 0.3) is 0 Å². The summed E-state index contributed by atoms with van der Waals surface area (Å²) in [5, 5.41) is 3.30. The maximum atomic E-state index is 14.3. The first-order valence-electron chi connectivity index (χ1n) is 7.63. The summed E-state index contributed by atoms with van der Waals surface area (Å²) in [7, 11) is 3.81. The highest BCUT2D eigenvalue weighted by Crippen LogP contribution is 2.25. The highest BCUT2D eigenvalue weighted by atomic mass is 19.1. The number of ether oxygens (including phenoxy) is 1. The van der Waals surface area contributed by atoms with Crippen molar-refractivity contribution in [3.8, 4) is 0 Å². The number of nitrogens with one attached hydrogen (secondary N) is 1. The Hall–Kier alpha value is -1.17. The quantitative estimate of drug-likeness (QED) is 0.809. The molecular weight excluding hydrogens is 269 g/mol. The van der Waals surface area contributed by atoms with Crippen molar-refractivity contribution in [2.24, 2.45) is 0 Å². The fourth-order valence-electron chi connectivity index (χ4n) is 2.72. The van der Waals surface area contributed by atoms with E-state index in [9.17, 15) is 4.39 Å². The molecule has 0 radical (unpaired) electrons. The molecule has 4 nitrogen and oxygen atoms in total. The number of hydrogen-bond acceptors (Lipinski definition) is 4. The number of halogens is 1. The monoisotopic (exact) mass is 295 g/mol. The molecule has 1 heterocycles. The lowest BCUT2D eigenvalue weighted by molar-refractivity contribution is 0.199. The van der Waals surface area contributed by atoms with Crippen LogP contribution in [0, 0.1) is 5.82 Å². The zero-order valence-corrected chi connectivity index (χ0v) is 13.1. The third-order valence-electron chi connectivity index (χ3n) is 3.90. The molecule has 1 saturated heterocycles. The van der Waals surface area contributed by atoms with Gasteiger partial charge < -0.3 is 19.9 Å². The summed E-state index contributed by atoms with van der Waals surface area (Å²) in [5.74, 6) is -0.120. The fraction of sp³-hybridized carbons (Fsp3) is 0.625. The van der Waals surface area contributed by atoms with Gasteiger partial charge in [-0.1, -0.05) is 12.1 Å². The van der Waals surface area contributed by atoms with Gasteiger partial charge in [0.1, 0.15) is 5.82 Å². The van der Waals surface area contributed by atoms with Crippen molar-refractivity contribution in [3.05, 3.63) is 29.6 Å². The second kappa shape index (κ2) is 8.32. The van der Waals surface area contributed by atoms with Crippen LogP contribution >= 0.6 is 0 Å². The van der Waals surface area contributed by atoms with Crippen LogP contribution in [0.15, 0.2) is 18.2 Å². The van der Waals surface area contributed by atoms with Gasteiger partial charge in [-0.2, -0.15) is 0 Å². The van der Waals surface area contributed by atoms with E-state index in [2.05, 4.69) is 22.2 Å². The van der Waals surface area contributed by atoms with E-state index in [-0.39, 0.29) is 5.82 Å². The minimum Gasteiger partial charge on any atom is -0.383 e. The standard InChI is InChI=1S/C16H26FN3O/c1-19-8-4-9-20(11-10-19)16-14(5-3-6-15(16)17)13-18-7-12-21-2/h3,5-6,18H,4,7-13H2,1-2H3. The molecule has 0 aromatic heterocycles. The van der Waals surface area contributed by atoms with Gasteiger partial charge in [-0.05, 0) is 31.6 Å². The maximum absolute atomic E-state index is 14.3. The van der Waals surface area contributed by atoms with Crippen molar-refractivity contribution in [2.75, 3.05) is 58.4 Å². The van der Waals surface area contributed by atoms with Crippen molar-refractivity contribution in [2.45, 2.75) is 13.0 Å². The molecule has 1 fully saturated rings. The Bertz CT molecular complexity index is 442. The zero-order valence-electron chi connectivity index (χ0n) is 13.1. The summed E-state index contributed by atoms with van der Waals surface area (Å²) < 4.78 is 19.4. The van der Waals surface area contributed by atoms with Crippen molar-refractivity contribution >= 4 is 5.69 Å². The number of hydrogen-bond donors (Lipinski definition) is 1. The molecule has 5 heteroatoms. The van der Waals surface area contributed by atoms with Gasteiger partial charge in [0.15, 0.2) is 0 Å². The molecule has 2 rings (SSSR count). The number of anilines is 1. The molecule has 1 N–H and O–H groups in total. The first kappa shape index (κ1) is 16.2. The molecule has 1 aliphatic heterocycles. The molecule has 1 aromatic carbocycles. The molecule has 0 saturated carbocycles. The molecule has 1 aliphatic rings. The summed E-state index contributed by atoms with van der Waals surface area (Å²) in [6.07, 6.45) is 1.07. The molecule has 21 heavy (non-hydrogen) atoms. The number of benzene rings is 1. The third kappa shape index (κ3) is 4.66. The lowest BCUT2D eigenvalue weighted by Gasteiger charge is -2.26. The highest BCUT2D eigenvalue weighted by molar-refractivity contribution is 5.55. The van der Waals surface area contributed by atoms with Crippen LogP contribution in [-0.2, 0) is 11.3 Å². The van der Waals surface area contributed by atoms with Gasteiger partial charge >= 0.3 is 0 Å². The molecule has 0 atom stereocenters. The van der Waals surface area contributed by atoms with Crippen LogP contribution in [-0.4, -0.2) is 58.4 Å². The highest BCUT2D eigenvalue weighted by Gasteiger charge is 2.18. The molecule has 1 aromatic rings. The molecule has 0 aliphatic carbocycles. The summed E-state index contributed by atoms with van der Waals surface area (Å²) in [5.41, 5.74) is 1.79. The van der Waals surface area contributed by atoms with Gasteiger partial charge in [0, 0.05) is 39.8 Å². The van der Waals surface area contributed by atoms with Gasteiger partial charge in [-0.25, -0.2) is 4.39 Å². The van der Waals surface area contributed by atoms with Crippen LogP contribution in [0.25, 0.3) is 0 Å². The van der Waals surface area contributed by atoms with E-state index in [0.717, 1.165) is 50.4 Å². The second-order valence-corrected chi connectivity index (χ2v) is 5.56. The average Bonchev–Trinajstić information content (AvgIpc) is 2.68. The van der Waals surface area contributed by atoms with Gasteiger partial charge in [-0.15, -0.1) is 0 Å². The first-order valence-corrected chi connectivity index (χ1v) is 7.63. The predicted octanol–water partition coefficient (Wildman–Crippen LogP) is 1.70. The Morgan fingerprint density at radius 1 is 1.24 bits per heavy atom. The minimum atomic E-state index is -0.120. The Labute approximate surface area is 126 Å². The van der Waals surface area contributed by atoms with Gasteiger partial charge in [0.05, 0.1) is 12.3 Å². The summed E-state index contributed by atoms with van der Waals surface area (Å²) in [6, 6.07) is 5.35. The molecular formula is C16H26FN3O. The van der Waals surface area contributed by atoms with Gasteiger partial charge in [0.2, 0.25) is 0 Å². The molecule has 0 unspecified atom stereocenters. The van der Waals surface area contributed by atoms with Crippen LogP contribution < -0.4 is 10.2 Å². The van der Waals surface area contributed by atoms with E-state index in [1.165, 1.54) is 0 Å². The number of likely N-dealkylation sites (N-methyl/N-ethyl adjacent to an activating group) is 1. The third-order valence-corrected chi connectivity index (χ3v) is 3.90. The average molecular weight is 295 g/mol. The van der Waals surface area contributed by atoms with Crippen LogP contribution in [0.2, 0.25) is 0 Å². The topological polar surface area (TPSA) is 27.7 Å². The van der Waals surface area contributed by atoms with E-state index in [0.29, 0.717) is 13.2 Å². The van der Waals surface area contributed by atoms with E-state index in [1.54, 1.807) is 19.2 Å². The molecule has 118 valence electrons. The van der Waals surface area contributed by atoms with Crippen molar-refractivity contribution in [1.29, 1.82) is 0 Å². The van der Waals surface area contributed by atoms with E-state index >= 15 is 0 Å². The predicted molar refractivity (Wildman–Crippen MR) is 84.3 cm³/mol. The largest absolute Gasteiger partial charge is 0.383 e. The fourth-order valence-corrected chi connectivity index (χ4v) is 2.72. The minimum absolute atomic E-state index is 0.120. The zero-order chi connectivity index (χ0) is 15.1. The number of methoxy groups -OCH3 is 1. The van der Waals surface area contributed by atoms with E-state index in [1.807, 2.05) is 6.07 Å². The molecule has 0 bridgehead atoms. The lowest BCUT2D eigenvalue weighted by Crippen LogP contribution is -2.31. The van der Waals surface area contributed by atoms with Crippen LogP contribution in [0.5, 0.6) is 0 Å². The molecule has 0 amide bonds. The van der Waals surface area contributed by atoms with Crippen LogP contribution in [0.4, 0.5) is 10.1 Å². The SMILES string of the molecule is COCCNCc1cccc(F)c1N1CCCN(C)CC1. The second-order valence-electron chi connectivity index (χ2n) is 5.56. The van der Waals surface area contributed by atoms with E-state index in [4.69, 9.17) is 4.74 Å². The van der Waals surface area contributed by atoms with Crippen molar-refractivity contribution < 1.29 is 9.13 Å². The number of nitrogens with zero attached hydrogens (tertiary/aromatic N) is 2. The Kier molecular flexibility index (Phi) is 6.42. The first-order chi connectivity index (χ1) is 10.2. The number of rotatable bonds is 6. The van der Waals surface area contributed by atoms with Crippen LogP contribution in [0.1, 0.15) is 12.0 Å². The van der Waals surface area contributed by atoms with Crippen molar-refractivity contribution in [3.63, 3.8) is 0 Å². The summed E-state index contributed by atoms with van der Waals surface area (Å²) in [4.78, 5) is 4.49. The summed E-state index contributed by atoms with van der Waals surface area (Å²) in [6.45, 7) is 5.95. The normalized spacial score (nSPS) is 17.0. The van der Waals surface area contributed by atoms with E-state index < -0.39 is 0 Å². The Morgan fingerprint density at radius 3 is 2.90 bits per heavy atom. The van der Waals surface area contributed by atoms with Gasteiger partial charge in [-0.3, -0.25) is 0 Å². The summed E-state index contributed by atoms with van der Waals surface area (Å²) >= 11 is 0. The smallest absolute Gasteiger partial charge is 0.146 e. The Morgan fingerprint density at radius 2 is 2.10 bits per heavy atom. The number of para-hydroxylation sites is 1. The van der Waals surface area contributed by atoms with Crippen LogP contribution in [0.3, 0.4) is 0 Å². The van der Waals surface area contributed by atoms with Crippen molar-refractivity contribution in [1.82, 2.24) is 10.2 Å².